The van der Waals surface area contributed by atoms with E-state index in [-0.39, 0.29) is 12.0 Å². The second-order valence-electron chi connectivity index (χ2n) is 4.03. The summed E-state index contributed by atoms with van der Waals surface area (Å²) in [5, 5.41) is 2.31. The summed E-state index contributed by atoms with van der Waals surface area (Å²) in [6.07, 6.45) is 0.507. The standard InChI is InChI=1S/C14H12F3NO3/c1-3-4-11(13(20)21-2)18-12(19)9-5-7-10(8-6-9)14(15,16)17/h1,5-8,11H,4H2,2H3,(H,18,19)/t11-/m0/s1. The van der Waals surface area contributed by atoms with E-state index < -0.39 is 29.7 Å². The van der Waals surface area contributed by atoms with Gasteiger partial charge >= 0.3 is 12.1 Å². The molecule has 0 spiro atoms. The van der Waals surface area contributed by atoms with Crippen molar-refractivity contribution in [2.24, 2.45) is 0 Å². The Kier molecular flexibility index (Phi) is 5.36. The van der Waals surface area contributed by atoms with Crippen LogP contribution >= 0.6 is 0 Å². The molecule has 1 amide bonds. The van der Waals surface area contributed by atoms with Crippen molar-refractivity contribution in [3.05, 3.63) is 35.4 Å². The number of ether oxygens (including phenoxy) is 1. The number of esters is 1. The van der Waals surface area contributed by atoms with Crippen LogP contribution < -0.4 is 5.32 Å². The van der Waals surface area contributed by atoms with Crippen LogP contribution in [0.5, 0.6) is 0 Å². The van der Waals surface area contributed by atoms with Crippen LogP contribution in [-0.2, 0) is 15.7 Å². The topological polar surface area (TPSA) is 55.4 Å². The zero-order valence-electron chi connectivity index (χ0n) is 11.0. The number of hydrogen-bond donors (Lipinski definition) is 1. The summed E-state index contributed by atoms with van der Waals surface area (Å²) in [5.74, 6) is 0.762. The molecule has 0 aliphatic rings. The third-order valence-corrected chi connectivity index (χ3v) is 2.59. The Balaban J connectivity index is 2.84. The van der Waals surface area contributed by atoms with Crippen molar-refractivity contribution in [2.45, 2.75) is 18.6 Å². The number of terminal acetylenes is 1. The molecule has 0 saturated heterocycles. The van der Waals surface area contributed by atoms with Gasteiger partial charge in [0, 0.05) is 12.0 Å². The highest BCUT2D eigenvalue weighted by Crippen LogP contribution is 2.29. The van der Waals surface area contributed by atoms with Crippen LogP contribution in [0.1, 0.15) is 22.3 Å². The van der Waals surface area contributed by atoms with E-state index in [0.29, 0.717) is 0 Å². The first kappa shape index (κ1) is 16.6. The molecule has 0 saturated carbocycles. The summed E-state index contributed by atoms with van der Waals surface area (Å²) in [5.41, 5.74) is -0.888. The number of halogens is 3. The van der Waals surface area contributed by atoms with E-state index >= 15 is 0 Å². The van der Waals surface area contributed by atoms with E-state index in [1.54, 1.807) is 0 Å². The second-order valence-corrected chi connectivity index (χ2v) is 4.03. The first-order chi connectivity index (χ1) is 9.79. The molecule has 0 aliphatic carbocycles. The van der Waals surface area contributed by atoms with Gasteiger partial charge in [-0.3, -0.25) is 4.79 Å². The molecule has 21 heavy (non-hydrogen) atoms. The molecule has 112 valence electrons. The van der Waals surface area contributed by atoms with Crippen LogP contribution in [0.25, 0.3) is 0 Å². The van der Waals surface area contributed by atoms with Crippen molar-refractivity contribution < 1.29 is 27.5 Å². The molecule has 7 heteroatoms. The number of benzene rings is 1. The molecule has 0 aromatic heterocycles. The van der Waals surface area contributed by atoms with Crippen LogP contribution in [0, 0.1) is 12.3 Å². The number of nitrogens with one attached hydrogen (secondary N) is 1. The van der Waals surface area contributed by atoms with Crippen molar-refractivity contribution in [1.82, 2.24) is 5.32 Å². The number of amides is 1. The average Bonchev–Trinajstić information content (AvgIpc) is 2.45. The first-order valence-electron chi connectivity index (χ1n) is 5.79. The molecule has 0 bridgehead atoms. The van der Waals surface area contributed by atoms with Gasteiger partial charge in [-0.1, -0.05) is 0 Å². The van der Waals surface area contributed by atoms with E-state index in [1.807, 2.05) is 0 Å². The second kappa shape index (κ2) is 6.79. The zero-order chi connectivity index (χ0) is 16.0. The molecule has 4 nitrogen and oxygen atoms in total. The molecule has 0 aliphatic heterocycles. The third-order valence-electron chi connectivity index (χ3n) is 2.59. The van der Waals surface area contributed by atoms with Crippen molar-refractivity contribution in [3.8, 4) is 12.3 Å². The summed E-state index contributed by atoms with van der Waals surface area (Å²) < 4.78 is 41.7. The van der Waals surface area contributed by atoms with Gasteiger partial charge in [0.1, 0.15) is 6.04 Å². The molecule has 1 aromatic rings. The minimum atomic E-state index is -4.48. The Hall–Kier alpha value is -2.49. The van der Waals surface area contributed by atoms with Gasteiger partial charge in [0.2, 0.25) is 0 Å². The molecular formula is C14H12F3NO3. The summed E-state index contributed by atoms with van der Waals surface area (Å²) >= 11 is 0. The van der Waals surface area contributed by atoms with E-state index in [2.05, 4.69) is 16.0 Å². The SMILES string of the molecule is C#CC[C@H](NC(=O)c1ccc(C(F)(F)F)cc1)C(=O)OC. The monoisotopic (exact) mass is 299 g/mol. The molecule has 1 rings (SSSR count). The zero-order valence-corrected chi connectivity index (χ0v) is 11.0. The minimum absolute atomic E-state index is 0.0195. The number of carbonyl (C=O) groups is 2. The predicted octanol–water partition coefficient (Wildman–Crippen LogP) is 2.00. The molecular weight excluding hydrogens is 287 g/mol. The fourth-order valence-electron chi connectivity index (χ4n) is 1.51. The lowest BCUT2D eigenvalue weighted by molar-refractivity contribution is -0.142. The summed E-state index contributed by atoms with van der Waals surface area (Å²) in [6, 6.07) is 2.55. The molecule has 0 radical (unpaired) electrons. The number of hydrogen-bond acceptors (Lipinski definition) is 3. The lowest BCUT2D eigenvalue weighted by Crippen LogP contribution is -2.41. The van der Waals surface area contributed by atoms with E-state index in [4.69, 9.17) is 6.42 Å². The molecule has 0 unspecified atom stereocenters. The summed E-state index contributed by atoms with van der Waals surface area (Å²) in [7, 11) is 1.14. The number of carbonyl (C=O) groups excluding carboxylic acids is 2. The van der Waals surface area contributed by atoms with Crippen LogP contribution in [0.15, 0.2) is 24.3 Å². The van der Waals surface area contributed by atoms with Gasteiger partial charge in [-0.15, -0.1) is 12.3 Å². The maximum absolute atomic E-state index is 12.4. The van der Waals surface area contributed by atoms with E-state index in [0.717, 1.165) is 31.4 Å². The van der Waals surface area contributed by atoms with Gasteiger partial charge in [-0.05, 0) is 24.3 Å². The van der Waals surface area contributed by atoms with Gasteiger partial charge in [0.05, 0.1) is 12.7 Å². The summed E-state index contributed by atoms with van der Waals surface area (Å²) in [4.78, 5) is 23.2. The highest BCUT2D eigenvalue weighted by atomic mass is 19.4. The number of alkyl halides is 3. The Morgan fingerprint density at radius 3 is 2.33 bits per heavy atom. The van der Waals surface area contributed by atoms with Crippen LogP contribution in [0.2, 0.25) is 0 Å². The van der Waals surface area contributed by atoms with Gasteiger partial charge in [-0.25, -0.2) is 4.79 Å². The quantitative estimate of drug-likeness (QED) is 0.683. The highest BCUT2D eigenvalue weighted by Gasteiger charge is 2.30. The van der Waals surface area contributed by atoms with E-state index in [9.17, 15) is 22.8 Å². The van der Waals surface area contributed by atoms with Gasteiger partial charge in [-0.2, -0.15) is 13.2 Å². The Morgan fingerprint density at radius 2 is 1.90 bits per heavy atom. The first-order valence-corrected chi connectivity index (χ1v) is 5.79. The van der Waals surface area contributed by atoms with Crippen LogP contribution in [-0.4, -0.2) is 25.0 Å². The molecule has 1 N–H and O–H groups in total. The Morgan fingerprint density at radius 1 is 1.33 bits per heavy atom. The van der Waals surface area contributed by atoms with Gasteiger partial charge in [0.15, 0.2) is 0 Å². The molecule has 0 fully saturated rings. The lowest BCUT2D eigenvalue weighted by Gasteiger charge is -2.14. The number of rotatable bonds is 4. The molecule has 1 aromatic carbocycles. The minimum Gasteiger partial charge on any atom is -0.467 e. The number of methoxy groups -OCH3 is 1. The summed E-state index contributed by atoms with van der Waals surface area (Å²) in [6.45, 7) is 0. The molecule has 0 heterocycles. The molecule has 1 atom stereocenters. The smallest absolute Gasteiger partial charge is 0.416 e. The fraction of sp³-hybridized carbons (Fsp3) is 0.286. The van der Waals surface area contributed by atoms with Crippen molar-refractivity contribution in [1.29, 1.82) is 0 Å². The predicted molar refractivity (Wildman–Crippen MR) is 68.2 cm³/mol. The Bertz CT molecular complexity index is 558. The van der Waals surface area contributed by atoms with Crippen molar-refractivity contribution in [3.63, 3.8) is 0 Å². The van der Waals surface area contributed by atoms with Crippen molar-refractivity contribution in [2.75, 3.05) is 7.11 Å². The maximum Gasteiger partial charge on any atom is 0.416 e. The average molecular weight is 299 g/mol. The lowest BCUT2D eigenvalue weighted by atomic mass is 10.1. The van der Waals surface area contributed by atoms with E-state index in [1.165, 1.54) is 0 Å². The fourth-order valence-corrected chi connectivity index (χ4v) is 1.51. The van der Waals surface area contributed by atoms with Gasteiger partial charge < -0.3 is 10.1 Å². The normalized spacial score (nSPS) is 12.1. The van der Waals surface area contributed by atoms with Crippen molar-refractivity contribution >= 4 is 11.9 Å². The van der Waals surface area contributed by atoms with Crippen LogP contribution in [0.3, 0.4) is 0 Å². The Labute approximate surface area is 119 Å². The van der Waals surface area contributed by atoms with Gasteiger partial charge in [0.25, 0.3) is 5.91 Å². The third kappa shape index (κ3) is 4.53. The largest absolute Gasteiger partial charge is 0.467 e. The highest BCUT2D eigenvalue weighted by molar-refractivity contribution is 5.96. The van der Waals surface area contributed by atoms with Crippen LogP contribution in [0.4, 0.5) is 13.2 Å². The maximum atomic E-state index is 12.4.